The average molecular weight is 224 g/mol. The fourth-order valence-corrected chi connectivity index (χ4v) is 1.60. The first-order chi connectivity index (χ1) is 6.83. The number of carbonyl (C=O) groups excluding carboxylic acids is 1. The Morgan fingerprint density at radius 2 is 2.20 bits per heavy atom. The number of halogens is 3. The first-order valence-electron chi connectivity index (χ1n) is 4.94. The zero-order valence-electron chi connectivity index (χ0n) is 8.58. The quantitative estimate of drug-likeness (QED) is 0.756. The fraction of sp³-hybridized carbons (Fsp3) is 0.889. The van der Waals surface area contributed by atoms with Gasteiger partial charge in [-0.15, -0.1) is 0 Å². The maximum Gasteiger partial charge on any atom is 0.390 e. The molecule has 6 heteroatoms. The largest absolute Gasteiger partial charge is 0.390 e. The number of carbonyl (C=O) groups is 1. The predicted octanol–water partition coefficient (Wildman–Crippen LogP) is 1.20. The third-order valence-corrected chi connectivity index (χ3v) is 2.56. The zero-order valence-corrected chi connectivity index (χ0v) is 8.58. The Hall–Kier alpha value is -0.780. The van der Waals surface area contributed by atoms with Crippen LogP contribution in [0.4, 0.5) is 13.2 Å². The van der Waals surface area contributed by atoms with E-state index in [-0.39, 0.29) is 12.5 Å². The van der Waals surface area contributed by atoms with E-state index in [1.807, 2.05) is 0 Å². The van der Waals surface area contributed by atoms with Gasteiger partial charge in [-0.2, -0.15) is 13.2 Å². The Balaban J connectivity index is 2.30. The molecule has 3 nitrogen and oxygen atoms in total. The van der Waals surface area contributed by atoms with Gasteiger partial charge in [-0.3, -0.25) is 4.79 Å². The molecule has 0 aromatic carbocycles. The molecule has 1 amide bonds. The van der Waals surface area contributed by atoms with Crippen molar-refractivity contribution < 1.29 is 18.0 Å². The Labute approximate surface area is 86.4 Å². The molecule has 1 aliphatic heterocycles. The monoisotopic (exact) mass is 224 g/mol. The third-order valence-electron chi connectivity index (χ3n) is 2.56. The van der Waals surface area contributed by atoms with Crippen LogP contribution in [-0.4, -0.2) is 30.7 Å². The van der Waals surface area contributed by atoms with Crippen molar-refractivity contribution in [1.82, 2.24) is 10.6 Å². The minimum Gasteiger partial charge on any atom is -0.354 e. The van der Waals surface area contributed by atoms with E-state index in [1.54, 1.807) is 6.92 Å². The highest BCUT2D eigenvalue weighted by molar-refractivity contribution is 5.86. The van der Waals surface area contributed by atoms with Crippen LogP contribution in [0.25, 0.3) is 0 Å². The van der Waals surface area contributed by atoms with E-state index < -0.39 is 18.1 Å². The molecule has 0 aromatic rings. The van der Waals surface area contributed by atoms with Crippen molar-refractivity contribution in [1.29, 1.82) is 0 Å². The molecule has 1 rings (SSSR count). The molecule has 2 N–H and O–H groups in total. The summed E-state index contributed by atoms with van der Waals surface area (Å²) in [4.78, 5) is 11.5. The van der Waals surface area contributed by atoms with Crippen LogP contribution in [-0.2, 0) is 4.79 Å². The van der Waals surface area contributed by atoms with Crippen LogP contribution in [0.2, 0.25) is 0 Å². The van der Waals surface area contributed by atoms with E-state index in [9.17, 15) is 18.0 Å². The number of amides is 1. The number of alkyl halides is 3. The van der Waals surface area contributed by atoms with Gasteiger partial charge in [0.25, 0.3) is 0 Å². The normalized spacial score (nSPS) is 26.7. The molecular weight excluding hydrogens is 209 g/mol. The number of hydrogen-bond donors (Lipinski definition) is 2. The molecule has 0 saturated carbocycles. The predicted molar refractivity (Wildman–Crippen MR) is 49.3 cm³/mol. The summed E-state index contributed by atoms with van der Waals surface area (Å²) >= 11 is 0. The lowest BCUT2D eigenvalue weighted by Crippen LogP contribution is -2.51. The molecule has 1 unspecified atom stereocenters. The Kier molecular flexibility index (Phi) is 3.59. The number of rotatable bonds is 3. The van der Waals surface area contributed by atoms with Gasteiger partial charge in [-0.1, -0.05) is 0 Å². The fourth-order valence-electron chi connectivity index (χ4n) is 1.60. The molecule has 0 spiro atoms. The first kappa shape index (κ1) is 12.3. The topological polar surface area (TPSA) is 41.1 Å². The van der Waals surface area contributed by atoms with Crippen LogP contribution in [0.3, 0.4) is 0 Å². The molecule has 1 saturated heterocycles. The molecule has 1 atom stereocenters. The lowest BCUT2D eigenvalue weighted by molar-refractivity contribution is -0.137. The minimum atomic E-state index is -4.21. The van der Waals surface area contributed by atoms with E-state index in [0.717, 1.165) is 13.0 Å². The van der Waals surface area contributed by atoms with E-state index >= 15 is 0 Å². The van der Waals surface area contributed by atoms with Crippen molar-refractivity contribution in [2.45, 2.75) is 37.9 Å². The summed E-state index contributed by atoms with van der Waals surface area (Å²) in [5.41, 5.74) is -0.689. The van der Waals surface area contributed by atoms with Crippen molar-refractivity contribution >= 4 is 5.91 Å². The first-order valence-corrected chi connectivity index (χ1v) is 4.94. The van der Waals surface area contributed by atoms with Gasteiger partial charge in [0.05, 0.1) is 12.0 Å². The van der Waals surface area contributed by atoms with Crippen molar-refractivity contribution in [3.8, 4) is 0 Å². The van der Waals surface area contributed by atoms with Gasteiger partial charge in [0.2, 0.25) is 5.91 Å². The Morgan fingerprint density at radius 3 is 2.67 bits per heavy atom. The van der Waals surface area contributed by atoms with Crippen molar-refractivity contribution in [2.75, 3.05) is 13.1 Å². The second-order valence-electron chi connectivity index (χ2n) is 3.98. The van der Waals surface area contributed by atoms with E-state index in [2.05, 4.69) is 10.6 Å². The molecule has 88 valence electrons. The second kappa shape index (κ2) is 4.38. The van der Waals surface area contributed by atoms with Crippen LogP contribution in [0.1, 0.15) is 26.2 Å². The summed E-state index contributed by atoms with van der Waals surface area (Å²) in [5, 5.41) is 5.29. The van der Waals surface area contributed by atoms with E-state index in [1.165, 1.54) is 0 Å². The highest BCUT2D eigenvalue weighted by Gasteiger charge is 2.36. The maximum absolute atomic E-state index is 11.8. The van der Waals surface area contributed by atoms with Gasteiger partial charge in [-0.05, 0) is 26.3 Å². The number of nitrogens with one attached hydrogen (secondary N) is 2. The smallest absolute Gasteiger partial charge is 0.354 e. The molecule has 1 heterocycles. The zero-order chi connectivity index (χ0) is 11.5. The minimum absolute atomic E-state index is 0.343. The molecule has 1 aliphatic rings. The van der Waals surface area contributed by atoms with Gasteiger partial charge in [-0.25, -0.2) is 0 Å². The van der Waals surface area contributed by atoms with E-state index in [4.69, 9.17) is 0 Å². The van der Waals surface area contributed by atoms with Gasteiger partial charge >= 0.3 is 6.18 Å². The average Bonchev–Trinajstić information content (AvgIpc) is 2.51. The lowest BCUT2D eigenvalue weighted by atomic mass is 9.99. The van der Waals surface area contributed by atoms with Crippen LogP contribution < -0.4 is 10.6 Å². The summed E-state index contributed by atoms with van der Waals surface area (Å²) < 4.78 is 35.4. The standard InChI is InChI=1S/C9H15F3N2O/c1-8(3-2-5-14-8)7(15)13-6-4-9(10,11)12/h14H,2-6H2,1H3,(H,13,15). The molecule has 0 aromatic heterocycles. The molecule has 1 fully saturated rings. The third kappa shape index (κ3) is 3.70. The second-order valence-corrected chi connectivity index (χ2v) is 3.98. The summed E-state index contributed by atoms with van der Waals surface area (Å²) in [5.74, 6) is -0.343. The molecule has 0 radical (unpaired) electrons. The summed E-state index contributed by atoms with van der Waals surface area (Å²) in [7, 11) is 0. The molecule has 15 heavy (non-hydrogen) atoms. The Bertz CT molecular complexity index is 234. The lowest BCUT2D eigenvalue weighted by Gasteiger charge is -2.23. The van der Waals surface area contributed by atoms with Crippen molar-refractivity contribution in [3.05, 3.63) is 0 Å². The van der Waals surface area contributed by atoms with Crippen LogP contribution in [0.15, 0.2) is 0 Å². The summed E-state index contributed by atoms with van der Waals surface area (Å²) in [6, 6.07) is 0. The molecular formula is C9H15F3N2O. The Morgan fingerprint density at radius 1 is 1.53 bits per heavy atom. The van der Waals surface area contributed by atoms with Crippen molar-refractivity contribution in [3.63, 3.8) is 0 Å². The van der Waals surface area contributed by atoms with Gasteiger partial charge in [0.1, 0.15) is 0 Å². The van der Waals surface area contributed by atoms with Gasteiger partial charge in [0, 0.05) is 6.54 Å². The molecule has 0 aliphatic carbocycles. The summed E-state index contributed by atoms with van der Waals surface area (Å²) in [6.07, 6.45) is -3.64. The van der Waals surface area contributed by atoms with Crippen molar-refractivity contribution in [2.24, 2.45) is 0 Å². The van der Waals surface area contributed by atoms with Gasteiger partial charge < -0.3 is 10.6 Å². The highest BCUT2D eigenvalue weighted by Crippen LogP contribution is 2.20. The molecule has 0 bridgehead atoms. The number of hydrogen-bond acceptors (Lipinski definition) is 2. The van der Waals surface area contributed by atoms with Crippen LogP contribution in [0, 0.1) is 0 Å². The van der Waals surface area contributed by atoms with E-state index in [0.29, 0.717) is 6.42 Å². The SMILES string of the molecule is CC1(C(=O)NCCC(F)(F)F)CCCN1. The van der Waals surface area contributed by atoms with Gasteiger partial charge in [0.15, 0.2) is 0 Å². The summed E-state index contributed by atoms with van der Waals surface area (Å²) in [6.45, 7) is 2.10. The van der Waals surface area contributed by atoms with Crippen LogP contribution >= 0.6 is 0 Å². The maximum atomic E-state index is 11.8. The highest BCUT2D eigenvalue weighted by atomic mass is 19.4. The van der Waals surface area contributed by atoms with Crippen LogP contribution in [0.5, 0.6) is 0 Å².